The van der Waals surface area contributed by atoms with Crippen LogP contribution in [0.1, 0.15) is 31.2 Å². The molecule has 0 unspecified atom stereocenters. The summed E-state index contributed by atoms with van der Waals surface area (Å²) in [5.41, 5.74) is 7.16. The molecular weight excluding hydrogens is 268 g/mol. The highest BCUT2D eigenvalue weighted by atomic mass is 16.2. The summed E-state index contributed by atoms with van der Waals surface area (Å²) in [7, 11) is 0. The van der Waals surface area contributed by atoms with E-state index in [0.29, 0.717) is 24.0 Å². The standard InChI is InChI=1S/C15H20N4O2/c16-8-9-1-3-10(4-2-9)15(21)18-12-5-6-17-14-11(12)7-13(20)19-14/h5-6,9-10H,1-4,7-8,16H2,(H2,17,18,19,20,21)/t9-,10-. The van der Waals surface area contributed by atoms with Gasteiger partial charge in [0.25, 0.3) is 0 Å². The number of rotatable bonds is 3. The highest BCUT2D eigenvalue weighted by molar-refractivity contribution is 6.02. The van der Waals surface area contributed by atoms with E-state index in [-0.39, 0.29) is 24.2 Å². The number of hydrogen-bond acceptors (Lipinski definition) is 4. The fraction of sp³-hybridized carbons (Fsp3) is 0.533. The second-order valence-corrected chi connectivity index (χ2v) is 5.85. The van der Waals surface area contributed by atoms with Crippen molar-refractivity contribution < 1.29 is 9.59 Å². The Morgan fingerprint density at radius 2 is 2.14 bits per heavy atom. The quantitative estimate of drug-likeness (QED) is 0.780. The third-order valence-electron chi connectivity index (χ3n) is 4.46. The molecule has 2 amide bonds. The zero-order valence-electron chi connectivity index (χ0n) is 11.9. The van der Waals surface area contributed by atoms with Gasteiger partial charge in [0.1, 0.15) is 5.82 Å². The number of hydrogen-bond donors (Lipinski definition) is 3. The number of aromatic nitrogens is 1. The van der Waals surface area contributed by atoms with Crippen molar-refractivity contribution in [3.8, 4) is 0 Å². The average Bonchev–Trinajstić information content (AvgIpc) is 2.88. The van der Waals surface area contributed by atoms with E-state index in [2.05, 4.69) is 15.6 Å². The maximum atomic E-state index is 12.4. The first-order chi connectivity index (χ1) is 10.2. The van der Waals surface area contributed by atoms with E-state index in [0.717, 1.165) is 31.2 Å². The van der Waals surface area contributed by atoms with Crippen LogP contribution in [0.5, 0.6) is 0 Å². The molecule has 4 N–H and O–H groups in total. The van der Waals surface area contributed by atoms with E-state index < -0.39 is 0 Å². The molecule has 6 heteroatoms. The SMILES string of the molecule is NC[C@H]1CC[C@H](C(=O)Nc2ccnc3c2CC(=O)N3)CC1. The normalized spacial score (nSPS) is 24.3. The minimum atomic E-state index is -0.0809. The summed E-state index contributed by atoms with van der Waals surface area (Å²) >= 11 is 0. The number of amides is 2. The van der Waals surface area contributed by atoms with Crippen LogP contribution in [0.3, 0.4) is 0 Å². The van der Waals surface area contributed by atoms with E-state index in [1.54, 1.807) is 12.3 Å². The van der Waals surface area contributed by atoms with Crippen molar-refractivity contribution in [2.75, 3.05) is 17.2 Å². The van der Waals surface area contributed by atoms with Gasteiger partial charge < -0.3 is 16.4 Å². The lowest BCUT2D eigenvalue weighted by molar-refractivity contribution is -0.121. The number of carbonyl (C=O) groups excluding carboxylic acids is 2. The monoisotopic (exact) mass is 288 g/mol. The van der Waals surface area contributed by atoms with Gasteiger partial charge in [0.05, 0.1) is 6.42 Å². The van der Waals surface area contributed by atoms with Crippen molar-refractivity contribution in [3.05, 3.63) is 17.8 Å². The van der Waals surface area contributed by atoms with Crippen molar-refractivity contribution in [1.82, 2.24) is 4.98 Å². The third-order valence-corrected chi connectivity index (χ3v) is 4.46. The summed E-state index contributed by atoms with van der Waals surface area (Å²) in [6.45, 7) is 0.708. The van der Waals surface area contributed by atoms with Crippen molar-refractivity contribution in [2.24, 2.45) is 17.6 Å². The van der Waals surface area contributed by atoms with Crippen LogP contribution >= 0.6 is 0 Å². The van der Waals surface area contributed by atoms with Crippen LogP contribution in [0.4, 0.5) is 11.5 Å². The number of pyridine rings is 1. The maximum Gasteiger partial charge on any atom is 0.230 e. The molecule has 0 saturated heterocycles. The van der Waals surface area contributed by atoms with Gasteiger partial charge in [-0.05, 0) is 44.2 Å². The van der Waals surface area contributed by atoms with Crippen LogP contribution in [0.25, 0.3) is 0 Å². The number of nitrogens with two attached hydrogens (primary N) is 1. The Morgan fingerprint density at radius 1 is 1.38 bits per heavy atom. The summed E-state index contributed by atoms with van der Waals surface area (Å²) in [5.74, 6) is 1.12. The number of anilines is 2. The van der Waals surface area contributed by atoms with E-state index in [1.807, 2.05) is 0 Å². The largest absolute Gasteiger partial charge is 0.330 e. The number of carbonyl (C=O) groups is 2. The van der Waals surface area contributed by atoms with Crippen LogP contribution in [-0.4, -0.2) is 23.3 Å². The van der Waals surface area contributed by atoms with Crippen molar-refractivity contribution in [3.63, 3.8) is 0 Å². The zero-order valence-corrected chi connectivity index (χ0v) is 11.9. The van der Waals surface area contributed by atoms with Gasteiger partial charge in [-0.1, -0.05) is 0 Å². The van der Waals surface area contributed by atoms with E-state index in [9.17, 15) is 9.59 Å². The zero-order chi connectivity index (χ0) is 14.8. The summed E-state index contributed by atoms with van der Waals surface area (Å²) in [5, 5.41) is 5.65. The van der Waals surface area contributed by atoms with Crippen LogP contribution in [0.2, 0.25) is 0 Å². The topological polar surface area (TPSA) is 97.1 Å². The molecule has 0 aromatic carbocycles. The molecule has 1 aromatic heterocycles. The molecule has 0 bridgehead atoms. The van der Waals surface area contributed by atoms with Crippen LogP contribution in [0, 0.1) is 11.8 Å². The van der Waals surface area contributed by atoms with Crippen molar-refractivity contribution in [1.29, 1.82) is 0 Å². The van der Waals surface area contributed by atoms with Gasteiger partial charge in [0.15, 0.2) is 0 Å². The molecule has 1 aromatic rings. The number of nitrogens with zero attached hydrogens (tertiary/aromatic N) is 1. The molecular formula is C15H20N4O2. The second kappa shape index (κ2) is 5.81. The molecule has 112 valence electrons. The van der Waals surface area contributed by atoms with Gasteiger partial charge in [-0.2, -0.15) is 0 Å². The smallest absolute Gasteiger partial charge is 0.230 e. The lowest BCUT2D eigenvalue weighted by atomic mass is 9.81. The highest BCUT2D eigenvalue weighted by Gasteiger charge is 2.28. The van der Waals surface area contributed by atoms with E-state index >= 15 is 0 Å². The molecule has 0 radical (unpaired) electrons. The Bertz CT molecular complexity index is 565. The lowest BCUT2D eigenvalue weighted by Crippen LogP contribution is -2.29. The van der Waals surface area contributed by atoms with Gasteiger partial charge in [-0.15, -0.1) is 0 Å². The fourth-order valence-corrected chi connectivity index (χ4v) is 3.13. The van der Waals surface area contributed by atoms with Gasteiger partial charge in [-0.25, -0.2) is 4.98 Å². The first-order valence-electron chi connectivity index (χ1n) is 7.46. The minimum Gasteiger partial charge on any atom is -0.330 e. The fourth-order valence-electron chi connectivity index (χ4n) is 3.13. The molecule has 1 fully saturated rings. The third kappa shape index (κ3) is 2.90. The van der Waals surface area contributed by atoms with Gasteiger partial charge >= 0.3 is 0 Å². The predicted molar refractivity (Wildman–Crippen MR) is 79.7 cm³/mol. The number of fused-ring (bicyclic) bond motifs is 1. The van der Waals surface area contributed by atoms with Crippen LogP contribution < -0.4 is 16.4 Å². The van der Waals surface area contributed by atoms with Crippen molar-refractivity contribution in [2.45, 2.75) is 32.1 Å². The first-order valence-corrected chi connectivity index (χ1v) is 7.46. The average molecular weight is 288 g/mol. The summed E-state index contributed by atoms with van der Waals surface area (Å²) in [6.07, 6.45) is 5.69. The Kier molecular flexibility index (Phi) is 3.88. The summed E-state index contributed by atoms with van der Waals surface area (Å²) in [4.78, 5) is 27.9. The lowest BCUT2D eigenvalue weighted by Gasteiger charge is -2.26. The molecule has 21 heavy (non-hydrogen) atoms. The maximum absolute atomic E-state index is 12.4. The molecule has 1 aliphatic heterocycles. The highest BCUT2D eigenvalue weighted by Crippen LogP contribution is 2.31. The van der Waals surface area contributed by atoms with E-state index in [1.165, 1.54) is 0 Å². The molecule has 3 rings (SSSR count). The van der Waals surface area contributed by atoms with Crippen LogP contribution in [-0.2, 0) is 16.0 Å². The predicted octanol–water partition coefficient (Wildman–Crippen LogP) is 1.28. The Labute approximate surface area is 123 Å². The Balaban J connectivity index is 1.66. The Hall–Kier alpha value is -1.95. The van der Waals surface area contributed by atoms with Crippen LogP contribution in [0.15, 0.2) is 12.3 Å². The van der Waals surface area contributed by atoms with Gasteiger partial charge in [-0.3, -0.25) is 9.59 Å². The summed E-state index contributed by atoms with van der Waals surface area (Å²) in [6, 6.07) is 1.75. The number of nitrogens with one attached hydrogen (secondary N) is 2. The first kappa shape index (κ1) is 14.0. The molecule has 0 atom stereocenters. The molecule has 0 spiro atoms. The molecule has 2 heterocycles. The Morgan fingerprint density at radius 3 is 2.86 bits per heavy atom. The molecule has 6 nitrogen and oxygen atoms in total. The van der Waals surface area contributed by atoms with Crippen molar-refractivity contribution >= 4 is 23.3 Å². The second-order valence-electron chi connectivity index (χ2n) is 5.85. The minimum absolute atomic E-state index is 0.0400. The van der Waals surface area contributed by atoms with Gasteiger partial charge in [0.2, 0.25) is 11.8 Å². The molecule has 1 saturated carbocycles. The van der Waals surface area contributed by atoms with E-state index in [4.69, 9.17) is 5.73 Å². The molecule has 1 aliphatic carbocycles. The molecule has 2 aliphatic rings. The van der Waals surface area contributed by atoms with Gasteiger partial charge in [0, 0.05) is 23.4 Å². The summed E-state index contributed by atoms with van der Waals surface area (Å²) < 4.78 is 0.